The molecule has 2 saturated heterocycles. The molecule has 2 N–H and O–H groups in total. The third kappa shape index (κ3) is 7.87. The number of nitrogens with one attached hydrogen (secondary N) is 1. The molecule has 2 fully saturated rings. The van der Waals surface area contributed by atoms with Gasteiger partial charge < -0.3 is 10.4 Å². The van der Waals surface area contributed by atoms with Gasteiger partial charge in [-0.3, -0.25) is 19.6 Å². The summed E-state index contributed by atoms with van der Waals surface area (Å²) in [5, 5.41) is 15.3. The van der Waals surface area contributed by atoms with E-state index in [0.717, 1.165) is 26.8 Å². The molecule has 3 heterocycles. The van der Waals surface area contributed by atoms with Crippen LogP contribution in [-0.2, 0) is 22.6 Å². The lowest BCUT2D eigenvalue weighted by Crippen LogP contribution is -2.59. The van der Waals surface area contributed by atoms with Crippen molar-refractivity contribution in [2.45, 2.75) is 69.6 Å². The number of aromatic nitrogens is 1. The van der Waals surface area contributed by atoms with E-state index in [1.807, 2.05) is 41.3 Å². The van der Waals surface area contributed by atoms with E-state index in [-0.39, 0.29) is 38.9 Å². The smallest absolute Gasteiger partial charge is 0.403 e. The van der Waals surface area contributed by atoms with Crippen molar-refractivity contribution in [1.82, 2.24) is 20.1 Å². The topological polar surface area (TPSA) is 85.8 Å². The fourth-order valence-corrected chi connectivity index (χ4v) is 7.54. The van der Waals surface area contributed by atoms with E-state index in [1.54, 1.807) is 30.5 Å². The van der Waals surface area contributed by atoms with E-state index in [4.69, 9.17) is 4.98 Å². The first-order valence-electron chi connectivity index (χ1n) is 17.3. The van der Waals surface area contributed by atoms with Gasteiger partial charge in [0.2, 0.25) is 11.8 Å². The van der Waals surface area contributed by atoms with Crippen molar-refractivity contribution in [2.24, 2.45) is 5.41 Å². The van der Waals surface area contributed by atoms with E-state index < -0.39 is 61.2 Å². The quantitative estimate of drug-likeness (QED) is 0.163. The Labute approximate surface area is 295 Å². The summed E-state index contributed by atoms with van der Waals surface area (Å²) in [6.45, 7) is -0.218. The highest BCUT2D eigenvalue weighted by Gasteiger charge is 2.61. The summed E-state index contributed by atoms with van der Waals surface area (Å²) in [5.74, 6) is -5.69. The molecule has 1 atom stereocenters. The van der Waals surface area contributed by atoms with Gasteiger partial charge in [-0.2, -0.15) is 13.2 Å². The first-order chi connectivity index (χ1) is 24.7. The Morgan fingerprint density at radius 3 is 2.13 bits per heavy atom. The molecule has 0 saturated carbocycles. The minimum atomic E-state index is -5.03. The molecule has 0 aliphatic carbocycles. The largest absolute Gasteiger partial charge is 0.480 e. The Hall–Kier alpha value is -4.30. The second-order valence-corrected chi connectivity index (χ2v) is 13.8. The van der Waals surface area contributed by atoms with Gasteiger partial charge in [-0.05, 0) is 66.2 Å². The summed E-state index contributed by atoms with van der Waals surface area (Å²) in [6.07, 6.45) is -7.84. The van der Waals surface area contributed by atoms with E-state index >= 15 is 0 Å². The Morgan fingerprint density at radius 1 is 0.808 bits per heavy atom. The Bertz CT molecular complexity index is 1930. The SMILES string of the molecule is O=C(O)[C@H](Cc1cccc2c(-c3ncc(CN4CCCC(F)(F)CC4)c4ccccc34)cccc12)NC(=O)C1(C(F)(F)F)CCN(CC(F)F)CC1. The monoisotopic (exact) mass is 732 g/mol. The van der Waals surface area contributed by atoms with Crippen LogP contribution in [0.4, 0.5) is 30.7 Å². The molecule has 2 aliphatic heterocycles. The van der Waals surface area contributed by atoms with Gasteiger partial charge in [0.1, 0.15) is 11.5 Å². The number of likely N-dealkylation sites (tertiary alicyclic amines) is 2. The minimum Gasteiger partial charge on any atom is -0.480 e. The Morgan fingerprint density at radius 2 is 1.44 bits per heavy atom. The molecule has 14 heteroatoms. The van der Waals surface area contributed by atoms with Crippen LogP contribution in [0, 0.1) is 5.41 Å². The number of rotatable bonds is 10. The summed E-state index contributed by atoms with van der Waals surface area (Å²) >= 11 is 0. The molecule has 0 unspecified atom stereocenters. The van der Waals surface area contributed by atoms with Crippen LogP contribution in [0.25, 0.3) is 32.8 Å². The third-order valence-electron chi connectivity index (χ3n) is 10.5. The predicted octanol–water partition coefficient (Wildman–Crippen LogP) is 7.70. The van der Waals surface area contributed by atoms with E-state index in [0.29, 0.717) is 41.5 Å². The van der Waals surface area contributed by atoms with Gasteiger partial charge in [0.15, 0.2) is 0 Å². The summed E-state index contributed by atoms with van der Waals surface area (Å²) in [7, 11) is 0. The number of alkyl halides is 7. The van der Waals surface area contributed by atoms with Gasteiger partial charge in [-0.1, -0.05) is 60.7 Å². The van der Waals surface area contributed by atoms with Crippen LogP contribution in [0.1, 0.15) is 43.2 Å². The molecule has 3 aromatic carbocycles. The summed E-state index contributed by atoms with van der Waals surface area (Å²) < 4.78 is 97.0. The standard InChI is InChI=1S/C38H39F7N4O3/c39-32(40)23-49-17-13-36(14-18-49,38(43,44)45)35(52)47-31(34(50)51)20-24-6-3-10-28-26(24)9-4-11-30(28)33-29-8-2-1-7-27(29)25(21-46-33)22-48-16-5-12-37(41,42)15-19-48/h1-4,6-11,21,31-32H,5,12-20,22-23H2,(H,47,52)(H,50,51)/t31-/m0/s1. The maximum atomic E-state index is 14.4. The number of carboxylic acids is 1. The number of carbonyl (C=O) groups is 2. The van der Waals surface area contributed by atoms with Gasteiger partial charge in [-0.25, -0.2) is 22.4 Å². The average molecular weight is 733 g/mol. The van der Waals surface area contributed by atoms with Crippen molar-refractivity contribution >= 4 is 33.4 Å². The highest BCUT2D eigenvalue weighted by atomic mass is 19.4. The molecule has 0 spiro atoms. The van der Waals surface area contributed by atoms with Crippen LogP contribution in [0.2, 0.25) is 0 Å². The zero-order valence-corrected chi connectivity index (χ0v) is 28.2. The number of carbonyl (C=O) groups excluding carboxylic acids is 1. The van der Waals surface area contributed by atoms with Crippen molar-refractivity contribution in [3.63, 3.8) is 0 Å². The van der Waals surface area contributed by atoms with E-state index in [1.165, 1.54) is 0 Å². The highest BCUT2D eigenvalue weighted by molar-refractivity contribution is 6.05. The number of hydrogen-bond donors (Lipinski definition) is 2. The predicted molar refractivity (Wildman–Crippen MR) is 182 cm³/mol. The maximum absolute atomic E-state index is 14.4. The molecule has 1 aromatic heterocycles. The number of hydrogen-bond acceptors (Lipinski definition) is 5. The molecule has 7 nitrogen and oxygen atoms in total. The van der Waals surface area contributed by atoms with Crippen molar-refractivity contribution in [3.8, 4) is 11.3 Å². The number of halogens is 7. The number of amides is 1. The van der Waals surface area contributed by atoms with Crippen LogP contribution >= 0.6 is 0 Å². The molecule has 4 aromatic rings. The second-order valence-electron chi connectivity index (χ2n) is 13.8. The van der Waals surface area contributed by atoms with Gasteiger partial charge in [0, 0.05) is 49.5 Å². The first-order valence-corrected chi connectivity index (χ1v) is 17.3. The van der Waals surface area contributed by atoms with Crippen LogP contribution < -0.4 is 5.32 Å². The molecule has 0 radical (unpaired) electrons. The van der Waals surface area contributed by atoms with Crippen LogP contribution in [-0.4, -0.2) is 89.1 Å². The Balaban J connectivity index is 1.28. The fraction of sp³-hybridized carbons (Fsp3) is 0.447. The van der Waals surface area contributed by atoms with Crippen LogP contribution in [0.15, 0.2) is 66.9 Å². The number of aliphatic carboxylic acids is 1. The van der Waals surface area contributed by atoms with E-state index in [2.05, 4.69) is 5.32 Å². The lowest BCUT2D eigenvalue weighted by molar-refractivity contribution is -0.233. The minimum absolute atomic E-state index is 0.136. The number of pyridine rings is 1. The van der Waals surface area contributed by atoms with Crippen molar-refractivity contribution in [3.05, 3.63) is 78.0 Å². The van der Waals surface area contributed by atoms with Gasteiger partial charge >= 0.3 is 12.1 Å². The van der Waals surface area contributed by atoms with Crippen LogP contribution in [0.5, 0.6) is 0 Å². The maximum Gasteiger partial charge on any atom is 0.403 e. The number of nitrogens with zero attached hydrogens (tertiary/aromatic N) is 3. The molecule has 2 aliphatic rings. The third-order valence-corrected chi connectivity index (χ3v) is 10.5. The van der Waals surface area contributed by atoms with Crippen molar-refractivity contribution in [2.75, 3.05) is 32.7 Å². The second kappa shape index (κ2) is 15.0. The summed E-state index contributed by atoms with van der Waals surface area (Å²) in [5.41, 5.74) is -0.194. The zero-order chi connectivity index (χ0) is 37.3. The van der Waals surface area contributed by atoms with Gasteiger partial charge in [0.05, 0.1) is 12.2 Å². The lowest BCUT2D eigenvalue weighted by Gasteiger charge is -2.41. The lowest BCUT2D eigenvalue weighted by atomic mass is 9.76. The first kappa shape index (κ1) is 37.5. The van der Waals surface area contributed by atoms with Gasteiger partial charge in [0.25, 0.3) is 6.43 Å². The Kier molecular flexibility index (Phi) is 10.8. The number of piperidine rings is 1. The normalized spacial score (nSPS) is 19.1. The van der Waals surface area contributed by atoms with Gasteiger partial charge in [-0.15, -0.1) is 0 Å². The molecule has 1 amide bonds. The van der Waals surface area contributed by atoms with E-state index in [9.17, 15) is 45.4 Å². The van der Waals surface area contributed by atoms with Crippen molar-refractivity contribution < 1.29 is 45.4 Å². The molecule has 6 rings (SSSR count). The zero-order valence-electron chi connectivity index (χ0n) is 28.2. The fourth-order valence-electron chi connectivity index (χ4n) is 7.54. The number of fused-ring (bicyclic) bond motifs is 2. The number of benzene rings is 3. The molecular weight excluding hydrogens is 693 g/mol. The summed E-state index contributed by atoms with van der Waals surface area (Å²) in [4.78, 5) is 33.7. The highest BCUT2D eigenvalue weighted by Crippen LogP contribution is 2.47. The average Bonchev–Trinajstić information content (AvgIpc) is 3.27. The molecular formula is C38H39F7N4O3. The van der Waals surface area contributed by atoms with Crippen molar-refractivity contribution in [1.29, 1.82) is 0 Å². The molecule has 52 heavy (non-hydrogen) atoms. The van der Waals surface area contributed by atoms with Crippen LogP contribution in [0.3, 0.4) is 0 Å². The summed E-state index contributed by atoms with van der Waals surface area (Å²) in [6, 6.07) is 16.5. The number of carboxylic acid groups (broad SMARTS) is 1. The molecule has 278 valence electrons. The molecule has 0 bridgehead atoms.